The van der Waals surface area contributed by atoms with Crippen LogP contribution in [0, 0.1) is 0 Å². The lowest BCUT2D eigenvalue weighted by molar-refractivity contribution is 0.0631. The van der Waals surface area contributed by atoms with Crippen LogP contribution in [0.5, 0.6) is 0 Å². The van der Waals surface area contributed by atoms with Crippen molar-refractivity contribution in [2.75, 3.05) is 19.6 Å². The van der Waals surface area contributed by atoms with Crippen molar-refractivity contribution in [3.63, 3.8) is 0 Å². The summed E-state index contributed by atoms with van der Waals surface area (Å²) in [5.41, 5.74) is 1.74. The predicted octanol–water partition coefficient (Wildman–Crippen LogP) is 4.82. The van der Waals surface area contributed by atoms with Crippen LogP contribution in [0.3, 0.4) is 0 Å². The molecule has 4 heteroatoms. The van der Waals surface area contributed by atoms with Crippen LogP contribution >= 0.6 is 27.3 Å². The highest BCUT2D eigenvalue weighted by Crippen LogP contribution is 2.46. The van der Waals surface area contributed by atoms with Gasteiger partial charge < -0.3 is 5.32 Å². The Labute approximate surface area is 136 Å². The molecule has 0 aromatic carbocycles. The van der Waals surface area contributed by atoms with Gasteiger partial charge in [0.1, 0.15) is 0 Å². The van der Waals surface area contributed by atoms with Gasteiger partial charge in [0, 0.05) is 15.4 Å². The van der Waals surface area contributed by atoms with E-state index in [2.05, 4.69) is 57.7 Å². The van der Waals surface area contributed by atoms with E-state index in [-0.39, 0.29) is 0 Å². The second kappa shape index (κ2) is 7.39. The molecule has 1 atom stereocenters. The number of hydrogen-bond acceptors (Lipinski definition) is 3. The molecule has 1 heterocycles. The van der Waals surface area contributed by atoms with Gasteiger partial charge >= 0.3 is 0 Å². The molecule has 1 aromatic rings. The third-order valence-electron chi connectivity index (χ3n) is 4.76. The summed E-state index contributed by atoms with van der Waals surface area (Å²) in [7, 11) is 0. The van der Waals surface area contributed by atoms with Crippen LogP contribution in [0.15, 0.2) is 15.2 Å². The molecule has 2 nitrogen and oxygen atoms in total. The van der Waals surface area contributed by atoms with Crippen molar-refractivity contribution in [3.05, 3.63) is 20.8 Å². The highest BCUT2D eigenvalue weighted by molar-refractivity contribution is 9.10. The molecule has 20 heavy (non-hydrogen) atoms. The number of hydrogen-bond donors (Lipinski definition) is 1. The average molecular weight is 359 g/mol. The minimum absolute atomic E-state index is 0.295. The first-order valence-corrected chi connectivity index (χ1v) is 9.63. The van der Waals surface area contributed by atoms with Gasteiger partial charge in [-0.05, 0) is 59.3 Å². The smallest absolute Gasteiger partial charge is 0.0526 e. The molecule has 1 aliphatic carbocycles. The molecule has 1 unspecified atom stereocenters. The molecule has 0 aliphatic heterocycles. The molecule has 0 amide bonds. The van der Waals surface area contributed by atoms with Crippen LogP contribution < -0.4 is 5.32 Å². The zero-order valence-corrected chi connectivity index (χ0v) is 15.3. The molecule has 0 radical (unpaired) electrons. The van der Waals surface area contributed by atoms with Gasteiger partial charge in [0.15, 0.2) is 0 Å². The van der Waals surface area contributed by atoms with Crippen molar-refractivity contribution in [1.82, 2.24) is 10.2 Å². The Balaban J connectivity index is 2.40. The van der Waals surface area contributed by atoms with Gasteiger partial charge in [-0.1, -0.05) is 33.6 Å². The maximum absolute atomic E-state index is 3.79. The Morgan fingerprint density at radius 2 is 1.90 bits per heavy atom. The first-order valence-electron chi connectivity index (χ1n) is 7.89. The van der Waals surface area contributed by atoms with Gasteiger partial charge in [0.05, 0.1) is 6.04 Å². The van der Waals surface area contributed by atoms with Crippen molar-refractivity contribution in [2.24, 2.45) is 0 Å². The van der Waals surface area contributed by atoms with Gasteiger partial charge in [-0.2, -0.15) is 11.3 Å². The Morgan fingerprint density at radius 3 is 2.35 bits per heavy atom. The lowest BCUT2D eigenvalue weighted by Gasteiger charge is -2.46. The lowest BCUT2D eigenvalue weighted by Crippen LogP contribution is -2.55. The number of halogens is 1. The van der Waals surface area contributed by atoms with Crippen LogP contribution in [-0.2, 0) is 0 Å². The fourth-order valence-electron chi connectivity index (χ4n) is 3.92. The summed E-state index contributed by atoms with van der Waals surface area (Å²) in [4.78, 5) is 2.69. The number of nitrogens with one attached hydrogen (secondary N) is 1. The fourth-order valence-corrected chi connectivity index (χ4v) is 5.47. The van der Waals surface area contributed by atoms with Gasteiger partial charge in [-0.3, -0.25) is 4.90 Å². The molecule has 1 saturated carbocycles. The molecule has 2 rings (SSSR count). The van der Waals surface area contributed by atoms with E-state index in [1.807, 2.05) is 0 Å². The minimum atomic E-state index is 0.295. The summed E-state index contributed by atoms with van der Waals surface area (Å²) in [6, 6.07) is 0.440. The average Bonchev–Trinajstić information content (AvgIpc) is 3.08. The van der Waals surface area contributed by atoms with Crippen molar-refractivity contribution in [1.29, 1.82) is 0 Å². The molecule has 0 bridgehead atoms. The monoisotopic (exact) mass is 358 g/mol. The van der Waals surface area contributed by atoms with Gasteiger partial charge in [-0.25, -0.2) is 0 Å². The molecular weight excluding hydrogens is 332 g/mol. The first-order chi connectivity index (χ1) is 9.69. The SMILES string of the molecule is CCNC(c1cscc1Br)C1(N(CC)CC)CCCC1. The number of nitrogens with zero attached hydrogens (tertiary/aromatic N) is 1. The van der Waals surface area contributed by atoms with Crippen LogP contribution in [0.2, 0.25) is 0 Å². The topological polar surface area (TPSA) is 15.3 Å². The van der Waals surface area contributed by atoms with Gasteiger partial charge in [0.2, 0.25) is 0 Å². The molecule has 1 aromatic heterocycles. The van der Waals surface area contributed by atoms with Crippen LogP contribution in [0.4, 0.5) is 0 Å². The van der Waals surface area contributed by atoms with E-state index >= 15 is 0 Å². The largest absolute Gasteiger partial charge is 0.309 e. The van der Waals surface area contributed by atoms with E-state index in [4.69, 9.17) is 0 Å². The molecule has 0 spiro atoms. The van der Waals surface area contributed by atoms with Crippen LogP contribution in [0.1, 0.15) is 58.1 Å². The first kappa shape index (κ1) is 16.5. The van der Waals surface area contributed by atoms with Crippen molar-refractivity contribution in [3.8, 4) is 0 Å². The highest BCUT2D eigenvalue weighted by Gasteiger charge is 2.45. The van der Waals surface area contributed by atoms with E-state index in [0.29, 0.717) is 11.6 Å². The summed E-state index contributed by atoms with van der Waals surface area (Å²) < 4.78 is 1.27. The van der Waals surface area contributed by atoms with E-state index in [9.17, 15) is 0 Å². The van der Waals surface area contributed by atoms with E-state index < -0.39 is 0 Å². The number of rotatable bonds is 7. The minimum Gasteiger partial charge on any atom is -0.309 e. The van der Waals surface area contributed by atoms with Crippen molar-refractivity contribution < 1.29 is 0 Å². The highest BCUT2D eigenvalue weighted by atomic mass is 79.9. The Kier molecular flexibility index (Phi) is 6.09. The number of thiophene rings is 1. The molecular formula is C16H27BrN2S. The summed E-state index contributed by atoms with van der Waals surface area (Å²) in [6.07, 6.45) is 5.35. The zero-order valence-electron chi connectivity index (χ0n) is 12.9. The van der Waals surface area contributed by atoms with E-state index in [1.54, 1.807) is 11.3 Å². The maximum atomic E-state index is 3.79. The molecule has 1 N–H and O–H groups in total. The van der Waals surface area contributed by atoms with Crippen molar-refractivity contribution in [2.45, 2.75) is 58.0 Å². The second-order valence-corrected chi connectivity index (χ2v) is 7.25. The molecule has 1 aliphatic rings. The molecule has 1 fully saturated rings. The third kappa shape index (κ3) is 2.99. The quantitative estimate of drug-likeness (QED) is 0.751. The Hall–Kier alpha value is 0.1000. The maximum Gasteiger partial charge on any atom is 0.0526 e. The lowest BCUT2D eigenvalue weighted by atomic mass is 9.82. The summed E-state index contributed by atoms with van der Waals surface area (Å²) >= 11 is 5.55. The Bertz CT molecular complexity index is 408. The predicted molar refractivity (Wildman–Crippen MR) is 92.6 cm³/mol. The van der Waals surface area contributed by atoms with Gasteiger partial charge in [-0.15, -0.1) is 0 Å². The zero-order chi connectivity index (χ0) is 14.6. The molecule has 0 saturated heterocycles. The normalized spacial score (nSPS) is 19.6. The van der Waals surface area contributed by atoms with E-state index in [1.165, 1.54) is 35.7 Å². The van der Waals surface area contributed by atoms with E-state index in [0.717, 1.165) is 19.6 Å². The van der Waals surface area contributed by atoms with Crippen LogP contribution in [-0.4, -0.2) is 30.1 Å². The Morgan fingerprint density at radius 1 is 1.25 bits per heavy atom. The summed E-state index contributed by atoms with van der Waals surface area (Å²) in [5, 5.41) is 8.33. The summed E-state index contributed by atoms with van der Waals surface area (Å²) in [5.74, 6) is 0. The second-order valence-electron chi connectivity index (χ2n) is 5.65. The van der Waals surface area contributed by atoms with Crippen LogP contribution in [0.25, 0.3) is 0 Å². The standard InChI is InChI=1S/C16H27BrN2S/c1-4-18-15(13-11-20-12-14(13)17)16(9-7-8-10-16)19(5-2)6-3/h11-12,15,18H,4-10H2,1-3H3. The third-order valence-corrected chi connectivity index (χ3v) is 6.51. The van der Waals surface area contributed by atoms with Crippen molar-refractivity contribution >= 4 is 27.3 Å². The van der Waals surface area contributed by atoms with Gasteiger partial charge in [0.25, 0.3) is 0 Å². The molecule has 114 valence electrons. The number of likely N-dealkylation sites (N-methyl/N-ethyl adjacent to an activating group) is 2. The summed E-state index contributed by atoms with van der Waals surface area (Å²) in [6.45, 7) is 10.1. The fraction of sp³-hybridized carbons (Fsp3) is 0.750.